The minimum absolute atomic E-state index is 0.0195. The van der Waals surface area contributed by atoms with Gasteiger partial charge in [0.25, 0.3) is 0 Å². The molecule has 4 atom stereocenters. The molecule has 0 aromatic heterocycles. The minimum atomic E-state index is 0.0195. The van der Waals surface area contributed by atoms with Gasteiger partial charge in [-0.1, -0.05) is 85.7 Å². The Morgan fingerprint density at radius 2 is 1.38 bits per heavy atom. The maximum absolute atomic E-state index is 6.61. The molecule has 2 unspecified atom stereocenters. The second-order valence-corrected chi connectivity index (χ2v) is 25.7. The second-order valence-electron chi connectivity index (χ2n) is 25.7. The SMILES string of the molecule is CC(NC(C)(C)C)c1ccc(N2CC[C@H](OC[C@@H](C)C(C)Cc3ccc(COCCCNC(C)(C)CN(CCN4CCN(CCC(C)(C)C)CC4)C(C)(C)C)cc3CC(C)(C)C)C2)cc1. The van der Waals surface area contributed by atoms with Gasteiger partial charge in [0.1, 0.15) is 0 Å². The fourth-order valence-electron chi connectivity index (χ4n) is 9.48. The molecule has 2 heterocycles. The van der Waals surface area contributed by atoms with E-state index in [1.54, 1.807) is 0 Å². The van der Waals surface area contributed by atoms with Gasteiger partial charge in [0.05, 0.1) is 12.7 Å². The van der Waals surface area contributed by atoms with Gasteiger partial charge in [-0.25, -0.2) is 0 Å². The molecule has 8 heteroatoms. The van der Waals surface area contributed by atoms with Gasteiger partial charge in [0, 0.05) is 100 Å². The van der Waals surface area contributed by atoms with Crippen LogP contribution in [0.4, 0.5) is 5.69 Å². The van der Waals surface area contributed by atoms with Crippen molar-refractivity contribution in [3.05, 3.63) is 64.7 Å². The van der Waals surface area contributed by atoms with Crippen LogP contribution in [0.15, 0.2) is 42.5 Å². The minimum Gasteiger partial charge on any atom is -0.377 e. The van der Waals surface area contributed by atoms with E-state index in [9.17, 15) is 0 Å². The zero-order valence-electron chi connectivity index (χ0n) is 45.4. The first-order valence-corrected chi connectivity index (χ1v) is 26.0. The number of piperazine rings is 1. The molecule has 65 heavy (non-hydrogen) atoms. The Hall–Kier alpha value is -2.04. The Kier molecular flexibility index (Phi) is 20.9. The molecule has 2 fully saturated rings. The molecular formula is C57H102N6O2. The average molecular weight is 903 g/mol. The van der Waals surface area contributed by atoms with Crippen LogP contribution in [0.3, 0.4) is 0 Å². The van der Waals surface area contributed by atoms with Crippen molar-refractivity contribution in [2.75, 3.05) is 90.1 Å². The van der Waals surface area contributed by atoms with Gasteiger partial charge in [-0.3, -0.25) is 9.80 Å². The Morgan fingerprint density at radius 1 is 0.738 bits per heavy atom. The third kappa shape index (κ3) is 21.0. The monoisotopic (exact) mass is 903 g/mol. The summed E-state index contributed by atoms with van der Waals surface area (Å²) in [5.41, 5.74) is 7.75. The number of ether oxygens (including phenoxy) is 2. The van der Waals surface area contributed by atoms with Crippen molar-refractivity contribution in [2.24, 2.45) is 22.7 Å². The van der Waals surface area contributed by atoms with Crippen molar-refractivity contribution < 1.29 is 9.47 Å². The Morgan fingerprint density at radius 3 is 1.98 bits per heavy atom. The summed E-state index contributed by atoms with van der Waals surface area (Å²) in [6, 6.07) is 16.6. The molecule has 2 aliphatic heterocycles. The molecule has 2 aliphatic rings. The summed E-state index contributed by atoms with van der Waals surface area (Å²) in [7, 11) is 0. The molecule has 2 aromatic carbocycles. The lowest BCUT2D eigenvalue weighted by atomic mass is 9.82. The maximum Gasteiger partial charge on any atom is 0.0766 e. The van der Waals surface area contributed by atoms with Gasteiger partial charge < -0.3 is 29.9 Å². The van der Waals surface area contributed by atoms with E-state index >= 15 is 0 Å². The predicted molar refractivity (Wildman–Crippen MR) is 281 cm³/mol. The standard InChI is InChI=1S/C57H102N6O2/c1-44(45(2)41-65-52-25-28-62(40-52)51-23-21-48(22-24-51)46(3)59-55(10,11)12)37-49-20-19-47(38-50(49)39-54(7,8)9)42-64-36-18-27-58-57(16,17)43-63(56(13,14)15)35-34-61-32-30-60(31-33-61)29-26-53(4,5)6/h19-24,38,44-46,52,58-59H,18,25-37,39-43H2,1-17H3/t44?,45-,46?,52+/m1/s1. The Labute approximate surface area is 401 Å². The molecule has 0 spiro atoms. The van der Waals surface area contributed by atoms with E-state index in [2.05, 4.69) is 190 Å². The van der Waals surface area contributed by atoms with Crippen LogP contribution in [0, 0.1) is 22.7 Å². The smallest absolute Gasteiger partial charge is 0.0766 e. The molecule has 0 radical (unpaired) electrons. The largest absolute Gasteiger partial charge is 0.377 e. The summed E-state index contributed by atoms with van der Waals surface area (Å²) in [5, 5.41) is 7.58. The van der Waals surface area contributed by atoms with Crippen LogP contribution in [-0.2, 0) is 28.9 Å². The van der Waals surface area contributed by atoms with Crippen molar-refractivity contribution in [2.45, 2.75) is 185 Å². The summed E-state index contributed by atoms with van der Waals surface area (Å²) < 4.78 is 12.9. The van der Waals surface area contributed by atoms with Crippen molar-refractivity contribution >= 4 is 5.69 Å². The number of rotatable bonds is 24. The van der Waals surface area contributed by atoms with E-state index in [4.69, 9.17) is 9.47 Å². The number of hydrogen-bond donors (Lipinski definition) is 2. The van der Waals surface area contributed by atoms with Crippen LogP contribution < -0.4 is 15.5 Å². The van der Waals surface area contributed by atoms with Gasteiger partial charge >= 0.3 is 0 Å². The van der Waals surface area contributed by atoms with Crippen LogP contribution in [0.2, 0.25) is 0 Å². The molecule has 4 rings (SSSR count). The topological polar surface area (TPSA) is 55.5 Å². The molecule has 2 saturated heterocycles. The van der Waals surface area contributed by atoms with E-state index < -0.39 is 0 Å². The number of anilines is 1. The first-order chi connectivity index (χ1) is 30.1. The third-order valence-electron chi connectivity index (χ3n) is 13.9. The molecule has 0 amide bonds. The van der Waals surface area contributed by atoms with Crippen LogP contribution in [0.1, 0.15) is 165 Å². The number of nitrogens with one attached hydrogen (secondary N) is 2. The van der Waals surface area contributed by atoms with Gasteiger partial charge in [0.2, 0.25) is 0 Å². The van der Waals surface area contributed by atoms with E-state index in [0.717, 1.165) is 78.2 Å². The normalized spacial score (nSPS) is 19.0. The first kappa shape index (κ1) is 55.6. The highest BCUT2D eigenvalue weighted by Crippen LogP contribution is 2.30. The van der Waals surface area contributed by atoms with Crippen molar-refractivity contribution in [3.8, 4) is 0 Å². The van der Waals surface area contributed by atoms with Gasteiger partial charge in [-0.2, -0.15) is 0 Å². The van der Waals surface area contributed by atoms with Crippen LogP contribution in [0.25, 0.3) is 0 Å². The average Bonchev–Trinajstić information content (AvgIpc) is 3.67. The molecule has 2 N–H and O–H groups in total. The Bertz CT molecular complexity index is 1660. The second kappa shape index (κ2) is 24.5. The summed E-state index contributed by atoms with van der Waals surface area (Å²) >= 11 is 0. The molecule has 372 valence electrons. The number of nitrogens with zero attached hydrogens (tertiary/aromatic N) is 4. The molecule has 0 saturated carbocycles. The maximum atomic E-state index is 6.61. The fraction of sp³-hybridized carbons (Fsp3) is 0.789. The fourth-order valence-corrected chi connectivity index (χ4v) is 9.48. The van der Waals surface area contributed by atoms with E-state index in [-0.39, 0.29) is 28.1 Å². The van der Waals surface area contributed by atoms with Gasteiger partial charge in [0.15, 0.2) is 0 Å². The van der Waals surface area contributed by atoms with Crippen LogP contribution in [-0.4, -0.2) is 123 Å². The number of benzene rings is 2. The van der Waals surface area contributed by atoms with Crippen molar-refractivity contribution in [3.63, 3.8) is 0 Å². The quantitative estimate of drug-likeness (QED) is 0.101. The van der Waals surface area contributed by atoms with Gasteiger partial charge in [-0.05, 0) is 165 Å². The number of hydrogen-bond acceptors (Lipinski definition) is 8. The molecular weight excluding hydrogens is 801 g/mol. The predicted octanol–water partition coefficient (Wildman–Crippen LogP) is 11.3. The summed E-state index contributed by atoms with van der Waals surface area (Å²) in [5.74, 6) is 1.01. The van der Waals surface area contributed by atoms with Crippen molar-refractivity contribution in [1.82, 2.24) is 25.3 Å². The third-order valence-corrected chi connectivity index (χ3v) is 13.9. The Balaban J connectivity index is 1.18. The first-order valence-electron chi connectivity index (χ1n) is 26.0. The lowest BCUT2D eigenvalue weighted by Crippen LogP contribution is -2.57. The van der Waals surface area contributed by atoms with Crippen LogP contribution in [0.5, 0.6) is 0 Å². The zero-order chi connectivity index (χ0) is 48.2. The summed E-state index contributed by atoms with van der Waals surface area (Å²) in [6.45, 7) is 54.2. The van der Waals surface area contributed by atoms with E-state index in [0.29, 0.717) is 29.9 Å². The molecule has 2 aromatic rings. The lowest BCUT2D eigenvalue weighted by molar-refractivity contribution is 0.0337. The van der Waals surface area contributed by atoms with E-state index in [1.165, 1.54) is 67.1 Å². The molecule has 8 nitrogen and oxygen atoms in total. The highest BCUT2D eigenvalue weighted by atomic mass is 16.5. The molecule has 0 bridgehead atoms. The summed E-state index contributed by atoms with van der Waals surface area (Å²) in [6.07, 6.45) is 5.80. The zero-order valence-corrected chi connectivity index (χ0v) is 45.4. The van der Waals surface area contributed by atoms with Gasteiger partial charge in [-0.15, -0.1) is 0 Å². The van der Waals surface area contributed by atoms with Crippen LogP contribution >= 0.6 is 0 Å². The highest BCUT2D eigenvalue weighted by molar-refractivity contribution is 5.49. The summed E-state index contributed by atoms with van der Waals surface area (Å²) in [4.78, 5) is 10.5. The lowest BCUT2D eigenvalue weighted by Gasteiger charge is -2.43. The van der Waals surface area contributed by atoms with Crippen molar-refractivity contribution in [1.29, 1.82) is 0 Å². The molecule has 0 aliphatic carbocycles. The highest BCUT2D eigenvalue weighted by Gasteiger charge is 2.30. The van der Waals surface area contributed by atoms with E-state index in [1.807, 2.05) is 0 Å².